The van der Waals surface area contributed by atoms with E-state index in [9.17, 15) is 9.59 Å². The number of ether oxygens (including phenoxy) is 1. The number of hydrogen-bond acceptors (Lipinski definition) is 4. The lowest BCUT2D eigenvalue weighted by Crippen LogP contribution is -2.42. The number of carbonyl (C=O) groups excluding carboxylic acids is 2. The van der Waals surface area contributed by atoms with Gasteiger partial charge >= 0.3 is 0 Å². The van der Waals surface area contributed by atoms with Crippen LogP contribution in [0.25, 0.3) is 0 Å². The Hall–Kier alpha value is -3.61. The van der Waals surface area contributed by atoms with E-state index in [2.05, 4.69) is 10.4 Å². The number of aromatic nitrogens is 2. The minimum Gasteiger partial charge on any atom is -0.493 e. The third-order valence-corrected chi connectivity index (χ3v) is 6.47. The fourth-order valence-electron chi connectivity index (χ4n) is 5.09. The maximum atomic E-state index is 13.9. The van der Waals surface area contributed by atoms with Gasteiger partial charge in [-0.1, -0.05) is 37.3 Å². The summed E-state index contributed by atoms with van der Waals surface area (Å²) in [5.41, 5.74) is 2.25. The van der Waals surface area contributed by atoms with Crippen molar-refractivity contribution in [2.45, 2.75) is 31.2 Å². The van der Waals surface area contributed by atoms with Crippen molar-refractivity contribution in [1.29, 1.82) is 0 Å². The van der Waals surface area contributed by atoms with Crippen molar-refractivity contribution < 1.29 is 14.3 Å². The molecule has 1 fully saturated rings. The first-order chi connectivity index (χ1) is 15.6. The molecule has 1 N–H and O–H groups in total. The van der Waals surface area contributed by atoms with E-state index in [1.54, 1.807) is 16.9 Å². The lowest BCUT2D eigenvalue weighted by molar-refractivity contribution is -0.121. The van der Waals surface area contributed by atoms with Crippen LogP contribution < -0.4 is 10.1 Å². The molecule has 1 aromatic heterocycles. The van der Waals surface area contributed by atoms with Crippen molar-refractivity contribution in [2.75, 3.05) is 18.5 Å². The Balaban J connectivity index is 1.62. The standard InChI is InChI=1S/C25H26N4O3/c1-3-14-32-21-11-7-4-8-18(21)23(30)29-13-12-25(22(29)17-15-26-28(2)16-17)19-9-5-6-10-20(19)27-24(25)31/h4-11,15-16,22H,3,12-14H2,1-2H3,(H,27,31)/t22-,25+/m0/s1. The lowest BCUT2D eigenvalue weighted by Gasteiger charge is -2.33. The van der Waals surface area contributed by atoms with E-state index in [1.807, 2.05) is 67.5 Å². The molecule has 2 aliphatic rings. The molecule has 3 aromatic rings. The van der Waals surface area contributed by atoms with Gasteiger partial charge in [0, 0.05) is 31.0 Å². The molecule has 0 bridgehead atoms. The van der Waals surface area contributed by atoms with Crippen LogP contribution in [0.5, 0.6) is 5.75 Å². The smallest absolute Gasteiger partial charge is 0.258 e. The Kier molecular flexibility index (Phi) is 4.96. The fourth-order valence-corrected chi connectivity index (χ4v) is 5.09. The lowest BCUT2D eigenvalue weighted by atomic mass is 9.73. The summed E-state index contributed by atoms with van der Waals surface area (Å²) in [6.45, 7) is 3.03. The minimum absolute atomic E-state index is 0.0710. The van der Waals surface area contributed by atoms with Crippen LogP contribution in [-0.2, 0) is 17.3 Å². The van der Waals surface area contributed by atoms with Gasteiger partial charge in [0.1, 0.15) is 11.2 Å². The normalized spacial score (nSPS) is 21.6. The summed E-state index contributed by atoms with van der Waals surface area (Å²) in [5, 5.41) is 7.39. The SMILES string of the molecule is CCCOc1ccccc1C(=O)N1CC[C@]2(C(=O)Nc3ccccc32)[C@@H]1c1cnn(C)c1. The van der Waals surface area contributed by atoms with Crippen LogP contribution in [0.4, 0.5) is 5.69 Å². The number of likely N-dealkylation sites (tertiary alicyclic amines) is 1. The van der Waals surface area contributed by atoms with Crippen molar-refractivity contribution in [3.8, 4) is 5.75 Å². The van der Waals surface area contributed by atoms with E-state index in [0.717, 1.165) is 23.2 Å². The van der Waals surface area contributed by atoms with Gasteiger partial charge in [-0.05, 0) is 36.6 Å². The summed E-state index contributed by atoms with van der Waals surface area (Å²) in [6, 6.07) is 14.6. The molecule has 0 radical (unpaired) electrons. The maximum absolute atomic E-state index is 13.9. The number of rotatable bonds is 5. The van der Waals surface area contributed by atoms with Gasteiger partial charge < -0.3 is 15.0 Å². The number of hydrogen-bond donors (Lipinski definition) is 1. The molecule has 0 unspecified atom stereocenters. The third kappa shape index (κ3) is 2.99. The first-order valence-electron chi connectivity index (χ1n) is 11.0. The Labute approximate surface area is 187 Å². The molecule has 2 atom stereocenters. The Morgan fingerprint density at radius 3 is 2.78 bits per heavy atom. The number of amides is 2. The monoisotopic (exact) mass is 430 g/mol. The van der Waals surface area contributed by atoms with Crippen LogP contribution in [0, 0.1) is 0 Å². The highest BCUT2D eigenvalue weighted by Crippen LogP contribution is 2.55. The Morgan fingerprint density at radius 1 is 1.22 bits per heavy atom. The minimum atomic E-state index is -0.853. The second kappa shape index (κ2) is 7.82. The molecule has 2 amide bonds. The van der Waals surface area contributed by atoms with Crippen molar-refractivity contribution >= 4 is 17.5 Å². The van der Waals surface area contributed by atoms with E-state index in [0.29, 0.717) is 30.9 Å². The summed E-state index contributed by atoms with van der Waals surface area (Å²) >= 11 is 0. The average molecular weight is 431 g/mol. The zero-order valence-electron chi connectivity index (χ0n) is 18.2. The fraction of sp³-hybridized carbons (Fsp3) is 0.320. The number of fused-ring (bicyclic) bond motifs is 2. The molecular weight excluding hydrogens is 404 g/mol. The van der Waals surface area contributed by atoms with Crippen LogP contribution in [-0.4, -0.2) is 39.6 Å². The van der Waals surface area contributed by atoms with Gasteiger partial charge in [0.15, 0.2) is 0 Å². The van der Waals surface area contributed by atoms with Crippen molar-refractivity contribution in [1.82, 2.24) is 14.7 Å². The number of anilines is 1. The zero-order chi connectivity index (χ0) is 22.3. The zero-order valence-corrected chi connectivity index (χ0v) is 18.2. The number of nitrogens with one attached hydrogen (secondary N) is 1. The van der Waals surface area contributed by atoms with Crippen LogP contribution in [0.3, 0.4) is 0 Å². The Bertz CT molecular complexity index is 1190. The molecule has 164 valence electrons. The number of para-hydroxylation sites is 2. The summed E-state index contributed by atoms with van der Waals surface area (Å²) in [4.78, 5) is 29.1. The predicted octanol–water partition coefficient (Wildman–Crippen LogP) is 3.69. The molecule has 0 saturated carbocycles. The molecule has 7 nitrogen and oxygen atoms in total. The topological polar surface area (TPSA) is 76.5 Å². The van der Waals surface area contributed by atoms with Gasteiger partial charge in [0.2, 0.25) is 5.91 Å². The van der Waals surface area contributed by atoms with Crippen LogP contribution in [0.2, 0.25) is 0 Å². The second-order valence-electron chi connectivity index (χ2n) is 8.41. The summed E-state index contributed by atoms with van der Waals surface area (Å²) in [5.74, 6) is 0.361. The molecule has 2 aromatic carbocycles. The molecule has 3 heterocycles. The van der Waals surface area contributed by atoms with Crippen molar-refractivity contribution in [3.63, 3.8) is 0 Å². The molecule has 0 aliphatic carbocycles. The van der Waals surface area contributed by atoms with Gasteiger partial charge in [-0.3, -0.25) is 14.3 Å². The molecule has 5 rings (SSSR count). The van der Waals surface area contributed by atoms with E-state index >= 15 is 0 Å². The van der Waals surface area contributed by atoms with Gasteiger partial charge in [-0.25, -0.2) is 0 Å². The van der Waals surface area contributed by atoms with Crippen molar-refractivity contribution in [3.05, 3.63) is 77.6 Å². The van der Waals surface area contributed by atoms with Gasteiger partial charge in [0.05, 0.1) is 24.4 Å². The van der Waals surface area contributed by atoms with E-state index in [4.69, 9.17) is 4.74 Å². The average Bonchev–Trinajstić information content (AvgIpc) is 3.49. The number of benzene rings is 2. The van der Waals surface area contributed by atoms with E-state index in [1.165, 1.54) is 0 Å². The van der Waals surface area contributed by atoms with Crippen LogP contribution in [0.15, 0.2) is 60.9 Å². The summed E-state index contributed by atoms with van der Waals surface area (Å²) < 4.78 is 7.57. The molecule has 1 saturated heterocycles. The molecule has 1 spiro atoms. The highest BCUT2D eigenvalue weighted by Gasteiger charge is 2.59. The first-order valence-corrected chi connectivity index (χ1v) is 11.0. The third-order valence-electron chi connectivity index (χ3n) is 6.47. The van der Waals surface area contributed by atoms with Crippen LogP contribution in [0.1, 0.15) is 47.3 Å². The van der Waals surface area contributed by atoms with Gasteiger partial charge in [-0.15, -0.1) is 0 Å². The predicted molar refractivity (Wildman–Crippen MR) is 121 cm³/mol. The number of nitrogens with zero attached hydrogens (tertiary/aromatic N) is 3. The molecule has 2 aliphatic heterocycles. The molecule has 7 heteroatoms. The molecule has 32 heavy (non-hydrogen) atoms. The number of aryl methyl sites for hydroxylation is 1. The van der Waals surface area contributed by atoms with Crippen LogP contribution >= 0.6 is 0 Å². The first kappa shape index (κ1) is 20.3. The quantitative estimate of drug-likeness (QED) is 0.670. The Morgan fingerprint density at radius 2 is 2.00 bits per heavy atom. The van der Waals surface area contributed by atoms with Gasteiger partial charge in [0.25, 0.3) is 5.91 Å². The maximum Gasteiger partial charge on any atom is 0.258 e. The van der Waals surface area contributed by atoms with E-state index < -0.39 is 11.5 Å². The van der Waals surface area contributed by atoms with Gasteiger partial charge in [-0.2, -0.15) is 5.10 Å². The number of carbonyl (C=O) groups is 2. The van der Waals surface area contributed by atoms with E-state index in [-0.39, 0.29) is 11.8 Å². The largest absolute Gasteiger partial charge is 0.493 e. The van der Waals surface area contributed by atoms with Crippen molar-refractivity contribution in [2.24, 2.45) is 7.05 Å². The highest BCUT2D eigenvalue weighted by molar-refractivity contribution is 6.08. The highest BCUT2D eigenvalue weighted by atomic mass is 16.5. The summed E-state index contributed by atoms with van der Waals surface area (Å²) in [7, 11) is 1.84. The second-order valence-corrected chi connectivity index (χ2v) is 8.41. The summed E-state index contributed by atoms with van der Waals surface area (Å²) in [6.07, 6.45) is 5.04. The molecular formula is C25H26N4O3.